The molecule has 7 aromatic rings. The second-order valence-corrected chi connectivity index (χ2v) is 19.1. The number of benzene rings is 6. The second-order valence-electron chi connectivity index (χ2n) is 18.0. The van der Waals surface area contributed by atoms with Crippen molar-refractivity contribution >= 4 is 48.6 Å². The highest BCUT2D eigenvalue weighted by Gasteiger charge is 2.61. The van der Waals surface area contributed by atoms with Crippen LogP contribution in [-0.4, -0.2) is 0 Å². The number of hydrogen-bond acceptors (Lipinski definition) is 2. The Morgan fingerprint density at radius 1 is 0.444 bits per heavy atom. The Labute approximate surface area is 322 Å². The molecule has 0 unspecified atom stereocenters. The van der Waals surface area contributed by atoms with Crippen molar-refractivity contribution in [3.63, 3.8) is 0 Å². The second kappa shape index (κ2) is 11.0. The Morgan fingerprint density at radius 3 is 1.85 bits per heavy atom. The van der Waals surface area contributed by atoms with E-state index in [1.807, 2.05) is 11.3 Å². The first-order valence-electron chi connectivity index (χ1n) is 20.9. The molecule has 6 aromatic carbocycles. The summed E-state index contributed by atoms with van der Waals surface area (Å²) in [7, 11) is 0. The van der Waals surface area contributed by atoms with Crippen molar-refractivity contribution in [1.82, 2.24) is 0 Å². The van der Waals surface area contributed by atoms with E-state index in [2.05, 4.69) is 132 Å². The van der Waals surface area contributed by atoms with Crippen LogP contribution < -0.4 is 4.90 Å². The molecule has 7 aliphatic rings. The molecular weight excluding hydrogens is 671 g/mol. The fraction of sp³-hybridized carbons (Fsp3) is 0.308. The minimum atomic E-state index is 0.140. The third-order valence-corrected chi connectivity index (χ3v) is 16.8. The van der Waals surface area contributed by atoms with E-state index in [1.165, 1.54) is 124 Å². The van der Waals surface area contributed by atoms with Gasteiger partial charge in [0.2, 0.25) is 0 Å². The van der Waals surface area contributed by atoms with Crippen molar-refractivity contribution in [1.29, 1.82) is 0 Å². The lowest BCUT2D eigenvalue weighted by atomic mass is 9.43. The lowest BCUT2D eigenvalue weighted by molar-refractivity contribution is -0.0399. The van der Waals surface area contributed by atoms with Crippen LogP contribution in [0.5, 0.6) is 0 Å². The molecule has 0 N–H and O–H groups in total. The van der Waals surface area contributed by atoms with E-state index >= 15 is 0 Å². The first-order valence-corrected chi connectivity index (χ1v) is 21.7. The molecule has 54 heavy (non-hydrogen) atoms. The van der Waals surface area contributed by atoms with E-state index in [0.717, 1.165) is 23.7 Å². The number of anilines is 3. The summed E-state index contributed by atoms with van der Waals surface area (Å²) in [5.41, 5.74) is 16.4. The molecule has 7 aliphatic carbocycles. The smallest absolute Gasteiger partial charge is 0.0476 e. The number of hydrogen-bond donors (Lipinski definition) is 0. The standard InChI is InChI=1S/C52H45NS/c1-8-22-51(23-9-1)45-13-5-2-11-40(45)44-29-36(18-21-46(44)51)53(38-17-20-43-42-12-4-7-15-49(42)54-50(43)31-38)37-16-19-41-39-10-3-6-14-47(39)52(48(41)30-37)34-25-32-24-33(27-34)28-35(52)26-32/h2-7,10-21,29-35H,1,8-9,22-28H2. The van der Waals surface area contributed by atoms with Crippen molar-refractivity contribution in [2.45, 2.75) is 75.0 Å². The molecule has 0 aliphatic heterocycles. The van der Waals surface area contributed by atoms with E-state index in [9.17, 15) is 0 Å². The van der Waals surface area contributed by atoms with Crippen molar-refractivity contribution in [2.24, 2.45) is 23.7 Å². The van der Waals surface area contributed by atoms with Crippen LogP contribution in [0.4, 0.5) is 17.1 Å². The predicted octanol–water partition coefficient (Wildman–Crippen LogP) is 14.5. The highest BCUT2D eigenvalue weighted by molar-refractivity contribution is 7.25. The fourth-order valence-corrected chi connectivity index (χ4v) is 15.0. The van der Waals surface area contributed by atoms with Gasteiger partial charge in [0.15, 0.2) is 0 Å². The van der Waals surface area contributed by atoms with Gasteiger partial charge in [-0.3, -0.25) is 0 Å². The van der Waals surface area contributed by atoms with E-state index in [4.69, 9.17) is 0 Å². The van der Waals surface area contributed by atoms with Crippen molar-refractivity contribution in [3.05, 3.63) is 150 Å². The van der Waals surface area contributed by atoms with Crippen LogP contribution >= 0.6 is 11.3 Å². The molecule has 5 fully saturated rings. The molecule has 1 nitrogen and oxygen atoms in total. The summed E-state index contributed by atoms with van der Waals surface area (Å²) >= 11 is 1.93. The number of nitrogens with zero attached hydrogens (tertiary/aromatic N) is 1. The minimum absolute atomic E-state index is 0.140. The van der Waals surface area contributed by atoms with Crippen LogP contribution in [0.15, 0.2) is 127 Å². The molecule has 1 aromatic heterocycles. The lowest BCUT2D eigenvalue weighted by Gasteiger charge is -2.61. The maximum absolute atomic E-state index is 2.68. The average molecular weight is 716 g/mol. The Hall–Kier alpha value is -4.66. The predicted molar refractivity (Wildman–Crippen MR) is 227 cm³/mol. The Kier molecular flexibility index (Phi) is 6.23. The molecule has 2 heteroatoms. The van der Waals surface area contributed by atoms with Crippen molar-refractivity contribution in [3.8, 4) is 22.3 Å². The molecule has 0 amide bonds. The molecule has 4 bridgehead atoms. The fourth-order valence-electron chi connectivity index (χ4n) is 13.9. The SMILES string of the molecule is c1ccc2c(c1)-c1cc(N(c3ccc4c(c3)C3(c5ccccc5-4)C4CC5CC(C4)CC3C5)c3ccc4c(c3)sc3ccccc34)ccc1C21CCCCC1. The van der Waals surface area contributed by atoms with Gasteiger partial charge in [-0.2, -0.15) is 0 Å². The Morgan fingerprint density at radius 2 is 1.04 bits per heavy atom. The largest absolute Gasteiger partial charge is 0.310 e. The van der Waals surface area contributed by atoms with Gasteiger partial charge in [0.25, 0.3) is 0 Å². The van der Waals surface area contributed by atoms with Crippen molar-refractivity contribution in [2.75, 3.05) is 4.90 Å². The van der Waals surface area contributed by atoms with Crippen LogP contribution in [0, 0.1) is 23.7 Å². The van der Waals surface area contributed by atoms with Gasteiger partial charge in [-0.05, 0) is 156 Å². The monoisotopic (exact) mass is 715 g/mol. The van der Waals surface area contributed by atoms with Gasteiger partial charge in [0.05, 0.1) is 0 Å². The highest BCUT2D eigenvalue weighted by atomic mass is 32.1. The molecular formula is C52H45NS. The summed E-state index contributed by atoms with van der Waals surface area (Å²) in [5.74, 6) is 3.36. The number of thiophene rings is 1. The topological polar surface area (TPSA) is 3.24 Å². The summed E-state index contributed by atoms with van der Waals surface area (Å²) in [4.78, 5) is 2.62. The summed E-state index contributed by atoms with van der Waals surface area (Å²) < 4.78 is 2.72. The summed E-state index contributed by atoms with van der Waals surface area (Å²) in [5, 5.41) is 2.72. The quantitative estimate of drug-likeness (QED) is 0.176. The van der Waals surface area contributed by atoms with Crippen LogP contribution in [0.3, 0.4) is 0 Å². The van der Waals surface area contributed by atoms with Gasteiger partial charge in [0.1, 0.15) is 0 Å². The van der Waals surface area contributed by atoms with Gasteiger partial charge in [0, 0.05) is 48.1 Å². The number of fused-ring (bicyclic) bond motifs is 11. The zero-order valence-electron chi connectivity index (χ0n) is 30.9. The average Bonchev–Trinajstić information content (AvgIpc) is 3.82. The number of rotatable bonds is 3. The maximum Gasteiger partial charge on any atom is 0.0476 e. The maximum atomic E-state index is 2.68. The molecule has 264 valence electrons. The van der Waals surface area contributed by atoms with Gasteiger partial charge < -0.3 is 4.90 Å². The molecule has 1 heterocycles. The van der Waals surface area contributed by atoms with E-state index in [-0.39, 0.29) is 10.8 Å². The Bertz CT molecular complexity index is 2660. The van der Waals surface area contributed by atoms with Crippen molar-refractivity contribution < 1.29 is 0 Å². The minimum Gasteiger partial charge on any atom is -0.310 e. The first-order chi connectivity index (χ1) is 26.7. The molecule has 0 saturated heterocycles. The Balaban J connectivity index is 1.04. The summed E-state index contributed by atoms with van der Waals surface area (Å²) in [6.45, 7) is 0. The first kappa shape index (κ1) is 30.6. The van der Waals surface area contributed by atoms with Crippen LogP contribution in [-0.2, 0) is 10.8 Å². The zero-order valence-corrected chi connectivity index (χ0v) is 31.7. The van der Waals surface area contributed by atoms with E-state index < -0.39 is 0 Å². The van der Waals surface area contributed by atoms with E-state index in [0.29, 0.717) is 0 Å². The van der Waals surface area contributed by atoms with Crippen LogP contribution in [0.25, 0.3) is 42.4 Å². The normalized spacial score (nSPS) is 26.4. The molecule has 2 spiro atoms. The van der Waals surface area contributed by atoms with Gasteiger partial charge in [-0.25, -0.2) is 0 Å². The van der Waals surface area contributed by atoms with Crippen LogP contribution in [0.2, 0.25) is 0 Å². The molecule has 0 radical (unpaired) electrons. The lowest BCUT2D eigenvalue weighted by Crippen LogP contribution is -2.55. The van der Waals surface area contributed by atoms with Gasteiger partial charge in [-0.1, -0.05) is 104 Å². The van der Waals surface area contributed by atoms with E-state index in [1.54, 1.807) is 22.3 Å². The van der Waals surface area contributed by atoms with Gasteiger partial charge in [-0.15, -0.1) is 11.3 Å². The third-order valence-electron chi connectivity index (χ3n) is 15.6. The van der Waals surface area contributed by atoms with Crippen LogP contribution in [0.1, 0.15) is 86.5 Å². The zero-order chi connectivity index (χ0) is 35.2. The molecule has 0 atom stereocenters. The van der Waals surface area contributed by atoms with Gasteiger partial charge >= 0.3 is 0 Å². The summed E-state index contributed by atoms with van der Waals surface area (Å²) in [6.07, 6.45) is 13.6. The highest BCUT2D eigenvalue weighted by Crippen LogP contribution is 2.69. The third kappa shape index (κ3) is 3.91. The molecule has 14 rings (SSSR count). The summed E-state index contributed by atoms with van der Waals surface area (Å²) in [6, 6.07) is 50.3. The molecule has 5 saturated carbocycles.